The van der Waals surface area contributed by atoms with Crippen LogP contribution >= 0.6 is 49.9 Å². The van der Waals surface area contributed by atoms with E-state index in [1.807, 2.05) is 12.1 Å². The maximum atomic E-state index is 10.1. The van der Waals surface area contributed by atoms with Crippen molar-refractivity contribution in [2.45, 2.75) is 19.3 Å². The van der Waals surface area contributed by atoms with E-state index in [9.17, 15) is 10.4 Å². The number of phenols is 1. The molecular formula is C15H10BrIN2OS. The summed E-state index contributed by atoms with van der Waals surface area (Å²) in [7, 11) is 0. The Labute approximate surface area is 148 Å². The lowest BCUT2D eigenvalue weighted by atomic mass is 10.1. The summed E-state index contributed by atoms with van der Waals surface area (Å²) >= 11 is 7.08. The molecule has 6 heteroatoms. The number of nitrogens with zero attached hydrogens (tertiary/aromatic N) is 2. The van der Waals surface area contributed by atoms with Crippen molar-refractivity contribution in [2.24, 2.45) is 4.99 Å². The van der Waals surface area contributed by atoms with Crippen molar-refractivity contribution in [3.05, 3.63) is 41.7 Å². The first-order chi connectivity index (χ1) is 10.1. The number of benzene rings is 1. The highest BCUT2D eigenvalue weighted by atomic mass is 127. The van der Waals surface area contributed by atoms with Crippen LogP contribution in [0.3, 0.4) is 0 Å². The van der Waals surface area contributed by atoms with Gasteiger partial charge in [0.2, 0.25) is 0 Å². The third-order valence-corrected chi connectivity index (χ3v) is 5.87. The minimum atomic E-state index is 0.213. The maximum Gasteiger partial charge on any atom is 0.137 e. The number of aryl methyl sites for hydroxylation is 1. The highest BCUT2D eigenvalue weighted by molar-refractivity contribution is 14.1. The average molecular weight is 473 g/mol. The van der Waals surface area contributed by atoms with Crippen molar-refractivity contribution in [2.75, 3.05) is 0 Å². The lowest BCUT2D eigenvalue weighted by Gasteiger charge is -2.02. The van der Waals surface area contributed by atoms with Gasteiger partial charge in [0.05, 0.1) is 9.13 Å². The number of nitriles is 1. The van der Waals surface area contributed by atoms with Gasteiger partial charge < -0.3 is 5.11 Å². The SMILES string of the molecule is N#Cc1c(N=Cc2cc(Br)cc(I)c2O)sc2c1CCC2. The topological polar surface area (TPSA) is 56.4 Å². The summed E-state index contributed by atoms with van der Waals surface area (Å²) in [6.45, 7) is 0. The van der Waals surface area contributed by atoms with Crippen molar-refractivity contribution < 1.29 is 5.11 Å². The molecule has 0 radical (unpaired) electrons. The molecule has 0 aliphatic heterocycles. The predicted molar refractivity (Wildman–Crippen MR) is 96.8 cm³/mol. The summed E-state index contributed by atoms with van der Waals surface area (Å²) < 4.78 is 1.65. The van der Waals surface area contributed by atoms with E-state index in [1.165, 1.54) is 10.4 Å². The summed E-state index contributed by atoms with van der Waals surface area (Å²) in [6, 6.07) is 5.93. The second-order valence-corrected chi connectivity index (χ2v) is 7.89. The standard InChI is InChI=1S/C15H10BrIN2OS/c16-9-4-8(14(20)12(17)5-9)7-19-15-11(6-18)10-2-1-3-13(10)21-15/h4-5,7,20H,1-3H2. The summed E-state index contributed by atoms with van der Waals surface area (Å²) in [5.74, 6) is 0.213. The lowest BCUT2D eigenvalue weighted by molar-refractivity contribution is 0.470. The van der Waals surface area contributed by atoms with Gasteiger partial charge in [-0.2, -0.15) is 5.26 Å². The zero-order chi connectivity index (χ0) is 15.0. The van der Waals surface area contributed by atoms with Crippen molar-refractivity contribution in [1.29, 1.82) is 5.26 Å². The largest absolute Gasteiger partial charge is 0.506 e. The van der Waals surface area contributed by atoms with Gasteiger partial charge in [-0.25, -0.2) is 4.99 Å². The fraction of sp³-hybridized carbons (Fsp3) is 0.200. The van der Waals surface area contributed by atoms with E-state index in [2.05, 4.69) is 49.6 Å². The molecule has 1 aliphatic rings. The summed E-state index contributed by atoms with van der Waals surface area (Å²) in [5.41, 5.74) is 2.52. The van der Waals surface area contributed by atoms with Gasteiger partial charge >= 0.3 is 0 Å². The third kappa shape index (κ3) is 2.87. The molecule has 0 bridgehead atoms. The van der Waals surface area contributed by atoms with Gasteiger partial charge in [0, 0.05) is 21.1 Å². The van der Waals surface area contributed by atoms with Gasteiger partial charge in [0.15, 0.2) is 0 Å². The molecule has 3 nitrogen and oxygen atoms in total. The minimum Gasteiger partial charge on any atom is -0.506 e. The molecular weight excluding hydrogens is 463 g/mol. The summed E-state index contributed by atoms with van der Waals surface area (Å²) in [4.78, 5) is 5.72. The number of hydrogen-bond donors (Lipinski definition) is 1. The second kappa shape index (κ2) is 6.07. The van der Waals surface area contributed by atoms with E-state index in [0.29, 0.717) is 11.1 Å². The zero-order valence-electron chi connectivity index (χ0n) is 10.9. The monoisotopic (exact) mass is 472 g/mol. The number of aliphatic imine (C=N–C) groups is 1. The average Bonchev–Trinajstić information content (AvgIpc) is 3.01. The molecule has 1 aliphatic carbocycles. The molecule has 1 heterocycles. The molecule has 3 rings (SSSR count). The molecule has 21 heavy (non-hydrogen) atoms. The number of aromatic hydroxyl groups is 1. The molecule has 1 N–H and O–H groups in total. The molecule has 0 atom stereocenters. The summed E-state index contributed by atoms with van der Waals surface area (Å²) in [5, 5.41) is 20.1. The highest BCUT2D eigenvalue weighted by Gasteiger charge is 2.21. The Morgan fingerprint density at radius 3 is 3.00 bits per heavy atom. The lowest BCUT2D eigenvalue weighted by Crippen LogP contribution is -1.86. The van der Waals surface area contributed by atoms with Crippen LogP contribution in [0.5, 0.6) is 5.75 Å². The molecule has 106 valence electrons. The first kappa shape index (κ1) is 15.0. The second-order valence-electron chi connectivity index (χ2n) is 4.73. The number of thiophene rings is 1. The van der Waals surface area contributed by atoms with Crippen molar-refractivity contribution in [3.8, 4) is 11.8 Å². The van der Waals surface area contributed by atoms with Gasteiger partial charge in [-0.1, -0.05) is 15.9 Å². The van der Waals surface area contributed by atoms with Crippen LogP contribution in [0.4, 0.5) is 5.00 Å². The van der Waals surface area contributed by atoms with Gasteiger partial charge in [-0.15, -0.1) is 11.3 Å². The number of rotatable bonds is 2. The Hall–Kier alpha value is -0.910. The third-order valence-electron chi connectivity index (χ3n) is 3.39. The zero-order valence-corrected chi connectivity index (χ0v) is 15.4. The van der Waals surface area contributed by atoms with E-state index < -0.39 is 0 Å². The Kier molecular flexibility index (Phi) is 4.33. The normalized spacial score (nSPS) is 13.6. The Balaban J connectivity index is 2.00. The van der Waals surface area contributed by atoms with Crippen molar-refractivity contribution in [3.63, 3.8) is 0 Å². The van der Waals surface area contributed by atoms with E-state index in [-0.39, 0.29) is 5.75 Å². The van der Waals surface area contributed by atoms with E-state index in [4.69, 9.17) is 0 Å². The van der Waals surface area contributed by atoms with E-state index in [0.717, 1.165) is 32.3 Å². The predicted octanol–water partition coefficient (Wildman–Crippen LogP) is 4.93. The first-order valence-corrected chi connectivity index (χ1v) is 9.05. The number of phenolic OH excluding ortho intramolecular Hbond substituents is 1. The van der Waals surface area contributed by atoms with Crippen LogP contribution in [0, 0.1) is 14.9 Å². The minimum absolute atomic E-state index is 0.213. The maximum absolute atomic E-state index is 10.1. The van der Waals surface area contributed by atoms with E-state index in [1.54, 1.807) is 17.6 Å². The molecule has 0 saturated carbocycles. The van der Waals surface area contributed by atoms with Crippen LogP contribution in [-0.4, -0.2) is 11.3 Å². The van der Waals surface area contributed by atoms with Crippen LogP contribution in [0.2, 0.25) is 0 Å². The van der Waals surface area contributed by atoms with Gasteiger partial charge in [0.1, 0.15) is 16.8 Å². The molecule has 0 spiro atoms. The quantitative estimate of drug-likeness (QED) is 0.497. The van der Waals surface area contributed by atoms with Crippen LogP contribution in [0.25, 0.3) is 0 Å². The highest BCUT2D eigenvalue weighted by Crippen LogP contribution is 2.40. The van der Waals surface area contributed by atoms with Crippen LogP contribution in [0.15, 0.2) is 21.6 Å². The number of hydrogen-bond acceptors (Lipinski definition) is 4. The van der Waals surface area contributed by atoms with Crippen LogP contribution < -0.4 is 0 Å². The first-order valence-electron chi connectivity index (χ1n) is 6.37. The fourth-order valence-corrected chi connectivity index (χ4v) is 5.14. The smallest absolute Gasteiger partial charge is 0.137 e. The Bertz CT molecular complexity index is 792. The Morgan fingerprint density at radius 2 is 2.24 bits per heavy atom. The van der Waals surface area contributed by atoms with Gasteiger partial charge in [0.25, 0.3) is 0 Å². The van der Waals surface area contributed by atoms with Crippen LogP contribution in [0.1, 0.15) is 28.0 Å². The van der Waals surface area contributed by atoms with Gasteiger partial charge in [-0.05, 0) is 59.5 Å². The van der Waals surface area contributed by atoms with Crippen LogP contribution in [-0.2, 0) is 12.8 Å². The molecule has 0 saturated heterocycles. The number of fused-ring (bicyclic) bond motifs is 1. The molecule has 1 aromatic carbocycles. The molecule has 0 fully saturated rings. The summed E-state index contributed by atoms with van der Waals surface area (Å²) in [6.07, 6.45) is 4.78. The van der Waals surface area contributed by atoms with E-state index >= 15 is 0 Å². The van der Waals surface area contributed by atoms with Crippen molar-refractivity contribution >= 4 is 61.1 Å². The molecule has 0 unspecified atom stereocenters. The Morgan fingerprint density at radius 1 is 1.43 bits per heavy atom. The molecule has 0 amide bonds. The fourth-order valence-electron chi connectivity index (χ4n) is 2.41. The molecule has 1 aromatic heterocycles. The van der Waals surface area contributed by atoms with Gasteiger partial charge in [-0.3, -0.25) is 0 Å². The van der Waals surface area contributed by atoms with Crippen molar-refractivity contribution in [1.82, 2.24) is 0 Å². The molecule has 2 aromatic rings. The number of halogens is 2.